The normalized spacial score (nSPS) is 13.2. The van der Waals surface area contributed by atoms with Crippen LogP contribution in [0.15, 0.2) is 24.3 Å². The fourth-order valence-corrected chi connectivity index (χ4v) is 2.31. The molecule has 134 valence electrons. The number of hydrogen-bond acceptors (Lipinski definition) is 6. The Morgan fingerprint density at radius 1 is 1.44 bits per heavy atom. The van der Waals surface area contributed by atoms with Crippen LogP contribution in [0.25, 0.3) is 0 Å². The molecule has 1 aromatic carbocycles. The molecule has 0 aliphatic rings. The molecule has 1 aromatic heterocycles. The van der Waals surface area contributed by atoms with Gasteiger partial charge in [-0.05, 0) is 35.0 Å². The minimum Gasteiger partial charge on any atom is -0.480 e. The van der Waals surface area contributed by atoms with Crippen LogP contribution in [-0.4, -0.2) is 56.9 Å². The summed E-state index contributed by atoms with van der Waals surface area (Å²) >= 11 is 0. The number of nitrogens with one attached hydrogen (secondary N) is 1. The molecule has 0 fully saturated rings. The molecular weight excluding hydrogens is 333 g/mol. The number of hydrogen-bond donors (Lipinski definition) is 2. The smallest absolute Gasteiger partial charge is 0.328 e. The van der Waals surface area contributed by atoms with Gasteiger partial charge >= 0.3 is 5.97 Å². The highest BCUT2D eigenvalue weighted by Crippen LogP contribution is 2.16. The van der Waals surface area contributed by atoms with Gasteiger partial charge in [-0.1, -0.05) is 12.1 Å². The number of halogens is 1. The van der Waals surface area contributed by atoms with Crippen molar-refractivity contribution in [3.63, 3.8) is 0 Å². The minimum absolute atomic E-state index is 0.0921. The molecule has 0 radical (unpaired) electrons. The summed E-state index contributed by atoms with van der Waals surface area (Å²) in [4.78, 5) is 23.8. The van der Waals surface area contributed by atoms with Crippen molar-refractivity contribution < 1.29 is 23.8 Å². The topological polar surface area (TPSA) is 119 Å². The fraction of sp³-hybridized carbons (Fsp3) is 0.400. The maximum absolute atomic E-state index is 13.4. The molecular formula is C15H18FN5O4. The molecule has 1 heterocycles. The zero-order valence-electron chi connectivity index (χ0n) is 13.7. The maximum atomic E-state index is 13.4. The van der Waals surface area contributed by atoms with Crippen LogP contribution in [0.1, 0.15) is 17.4 Å². The van der Waals surface area contributed by atoms with Crippen molar-refractivity contribution in [2.24, 2.45) is 0 Å². The first-order valence-electron chi connectivity index (χ1n) is 7.43. The van der Waals surface area contributed by atoms with Gasteiger partial charge in [-0.2, -0.15) is 0 Å². The number of ether oxygens (including phenoxy) is 1. The van der Waals surface area contributed by atoms with Crippen LogP contribution in [-0.2, 0) is 20.7 Å². The molecule has 2 rings (SSSR count). The molecule has 2 unspecified atom stereocenters. The predicted octanol–water partition coefficient (Wildman–Crippen LogP) is 0.120. The predicted molar refractivity (Wildman–Crippen MR) is 83.1 cm³/mol. The van der Waals surface area contributed by atoms with Gasteiger partial charge in [0.25, 0.3) is 0 Å². The molecule has 0 aliphatic heterocycles. The maximum Gasteiger partial charge on any atom is 0.328 e. The molecule has 0 bridgehead atoms. The Balaban J connectivity index is 2.26. The Kier molecular flexibility index (Phi) is 6.12. The number of benzene rings is 1. The Bertz CT molecular complexity index is 751. The van der Waals surface area contributed by atoms with E-state index < -0.39 is 29.8 Å². The molecule has 0 saturated heterocycles. The van der Waals surface area contributed by atoms with E-state index >= 15 is 0 Å². The van der Waals surface area contributed by atoms with E-state index in [-0.39, 0.29) is 13.0 Å². The molecule has 25 heavy (non-hydrogen) atoms. The van der Waals surface area contributed by atoms with Crippen LogP contribution in [0.3, 0.4) is 0 Å². The number of tetrazole rings is 1. The van der Waals surface area contributed by atoms with Gasteiger partial charge in [-0.15, -0.1) is 5.10 Å². The number of rotatable bonds is 8. The average Bonchev–Trinajstić information content (AvgIpc) is 2.98. The van der Waals surface area contributed by atoms with Crippen LogP contribution < -0.4 is 5.32 Å². The van der Waals surface area contributed by atoms with E-state index in [1.807, 2.05) is 0 Å². The van der Waals surface area contributed by atoms with Crippen LogP contribution in [0.5, 0.6) is 0 Å². The fourth-order valence-electron chi connectivity index (χ4n) is 2.31. The summed E-state index contributed by atoms with van der Waals surface area (Å²) in [7, 11) is 1.33. The Labute approximate surface area is 142 Å². The first-order valence-corrected chi connectivity index (χ1v) is 7.43. The summed E-state index contributed by atoms with van der Waals surface area (Å²) < 4.78 is 19.5. The Morgan fingerprint density at radius 2 is 2.20 bits per heavy atom. The second-order valence-corrected chi connectivity index (χ2v) is 5.38. The lowest BCUT2D eigenvalue weighted by Crippen LogP contribution is -2.47. The average molecular weight is 351 g/mol. The first kappa shape index (κ1) is 18.5. The number of carbonyl (C=O) groups is 2. The van der Waals surface area contributed by atoms with Crippen molar-refractivity contribution in [3.05, 3.63) is 41.5 Å². The number of nitrogens with zero attached hydrogens (tertiary/aromatic N) is 4. The number of amides is 1. The number of carboxylic acid groups (broad SMARTS) is 1. The molecule has 0 spiro atoms. The van der Waals surface area contributed by atoms with Crippen LogP contribution >= 0.6 is 0 Å². The van der Waals surface area contributed by atoms with Crippen molar-refractivity contribution in [1.29, 1.82) is 0 Å². The summed E-state index contributed by atoms with van der Waals surface area (Å²) in [5, 5.41) is 22.6. The van der Waals surface area contributed by atoms with E-state index in [0.717, 1.165) is 0 Å². The SMILES string of the molecule is COCC(NC(=O)C(Cc1cccc(F)c1)n1nnnc1C)C(=O)O. The van der Waals surface area contributed by atoms with Gasteiger partial charge in [0.05, 0.1) is 6.61 Å². The van der Waals surface area contributed by atoms with Crippen molar-refractivity contribution >= 4 is 11.9 Å². The highest BCUT2D eigenvalue weighted by molar-refractivity contribution is 5.86. The molecule has 2 aromatic rings. The lowest BCUT2D eigenvalue weighted by molar-refractivity contribution is -0.143. The zero-order chi connectivity index (χ0) is 18.4. The van der Waals surface area contributed by atoms with Gasteiger partial charge in [0.2, 0.25) is 5.91 Å². The van der Waals surface area contributed by atoms with Crippen molar-refractivity contribution in [2.75, 3.05) is 13.7 Å². The van der Waals surface area contributed by atoms with E-state index in [1.165, 1.54) is 30.0 Å². The van der Waals surface area contributed by atoms with E-state index in [9.17, 15) is 14.0 Å². The number of aliphatic carboxylic acids is 1. The van der Waals surface area contributed by atoms with Crippen molar-refractivity contribution in [2.45, 2.75) is 25.4 Å². The Hall–Kier alpha value is -2.88. The van der Waals surface area contributed by atoms with E-state index in [4.69, 9.17) is 9.84 Å². The van der Waals surface area contributed by atoms with Crippen LogP contribution in [0.4, 0.5) is 4.39 Å². The van der Waals surface area contributed by atoms with Crippen LogP contribution in [0, 0.1) is 12.7 Å². The van der Waals surface area contributed by atoms with Gasteiger partial charge in [-0.3, -0.25) is 4.79 Å². The second-order valence-electron chi connectivity index (χ2n) is 5.38. The highest BCUT2D eigenvalue weighted by Gasteiger charge is 2.28. The van der Waals surface area contributed by atoms with E-state index in [1.54, 1.807) is 13.0 Å². The first-order chi connectivity index (χ1) is 11.9. The zero-order valence-corrected chi connectivity index (χ0v) is 13.7. The number of carbonyl (C=O) groups excluding carboxylic acids is 1. The summed E-state index contributed by atoms with van der Waals surface area (Å²) in [5.74, 6) is -1.90. The van der Waals surface area contributed by atoms with E-state index in [2.05, 4.69) is 20.8 Å². The largest absolute Gasteiger partial charge is 0.480 e. The standard InChI is InChI=1S/C15H18FN5O4/c1-9-18-19-20-21(9)13(7-10-4-3-5-11(16)6-10)14(22)17-12(8-25-2)15(23)24/h3-6,12-13H,7-8H2,1-2H3,(H,17,22)(H,23,24). The third-order valence-electron chi connectivity index (χ3n) is 3.52. The summed E-state index contributed by atoms with van der Waals surface area (Å²) in [6, 6.07) is 3.62. The van der Waals surface area contributed by atoms with Gasteiger partial charge in [-0.25, -0.2) is 13.9 Å². The lowest BCUT2D eigenvalue weighted by atomic mass is 10.0. The summed E-state index contributed by atoms with van der Waals surface area (Å²) in [6.07, 6.45) is 0.0921. The molecule has 0 saturated carbocycles. The molecule has 2 atom stereocenters. The van der Waals surface area contributed by atoms with Crippen LogP contribution in [0.2, 0.25) is 0 Å². The number of methoxy groups -OCH3 is 1. The molecule has 2 N–H and O–H groups in total. The highest BCUT2D eigenvalue weighted by atomic mass is 19.1. The molecule has 0 aliphatic carbocycles. The van der Waals surface area contributed by atoms with Crippen molar-refractivity contribution in [3.8, 4) is 0 Å². The molecule has 1 amide bonds. The second kappa shape index (κ2) is 8.29. The quantitative estimate of drug-likeness (QED) is 0.693. The third kappa shape index (κ3) is 4.80. The Morgan fingerprint density at radius 3 is 2.76 bits per heavy atom. The lowest BCUT2D eigenvalue weighted by Gasteiger charge is -2.20. The van der Waals surface area contributed by atoms with Gasteiger partial charge < -0.3 is 15.2 Å². The van der Waals surface area contributed by atoms with Gasteiger partial charge in [0, 0.05) is 13.5 Å². The van der Waals surface area contributed by atoms with E-state index in [0.29, 0.717) is 11.4 Å². The molecule has 10 heteroatoms. The monoisotopic (exact) mass is 351 g/mol. The third-order valence-corrected chi connectivity index (χ3v) is 3.52. The van der Waals surface area contributed by atoms with Gasteiger partial charge in [0.15, 0.2) is 6.04 Å². The van der Waals surface area contributed by atoms with Gasteiger partial charge in [0.1, 0.15) is 17.7 Å². The summed E-state index contributed by atoms with van der Waals surface area (Å²) in [6.45, 7) is 1.41. The number of aryl methyl sites for hydroxylation is 1. The molecule has 9 nitrogen and oxygen atoms in total. The summed E-state index contributed by atoms with van der Waals surface area (Å²) in [5.41, 5.74) is 0.550. The van der Waals surface area contributed by atoms with Crippen molar-refractivity contribution in [1.82, 2.24) is 25.5 Å². The number of carboxylic acids is 1. The number of aromatic nitrogens is 4. The minimum atomic E-state index is -1.23.